The van der Waals surface area contributed by atoms with Crippen LogP contribution in [0.5, 0.6) is 5.75 Å². The molecule has 0 saturated heterocycles. The number of anilines is 1. The first-order valence-electron chi connectivity index (χ1n) is 9.01. The fourth-order valence-electron chi connectivity index (χ4n) is 2.67. The Morgan fingerprint density at radius 3 is 2.55 bits per heavy atom. The van der Waals surface area contributed by atoms with Crippen molar-refractivity contribution in [1.82, 2.24) is 10.1 Å². The zero-order valence-corrected chi connectivity index (χ0v) is 15.7. The highest BCUT2D eigenvalue weighted by molar-refractivity contribution is 5.56. The van der Waals surface area contributed by atoms with E-state index in [9.17, 15) is 13.2 Å². The van der Waals surface area contributed by atoms with E-state index in [4.69, 9.17) is 14.4 Å². The smallest absolute Gasteiger partial charge is 0.418 e. The summed E-state index contributed by atoms with van der Waals surface area (Å²) in [4.78, 5) is 4.23. The van der Waals surface area contributed by atoms with E-state index >= 15 is 0 Å². The summed E-state index contributed by atoms with van der Waals surface area (Å²) in [7, 11) is 0. The van der Waals surface area contributed by atoms with Crippen LogP contribution in [-0.2, 0) is 19.1 Å². The molecular weight excluding hydrogens is 387 g/mol. The third-order valence-electron chi connectivity index (χ3n) is 4.17. The van der Waals surface area contributed by atoms with Crippen molar-refractivity contribution in [2.75, 3.05) is 18.5 Å². The van der Waals surface area contributed by atoms with Gasteiger partial charge in [-0.1, -0.05) is 36.3 Å². The van der Waals surface area contributed by atoms with Crippen molar-refractivity contribution in [3.8, 4) is 17.1 Å². The summed E-state index contributed by atoms with van der Waals surface area (Å²) in [6.07, 6.45) is -3.67. The predicted octanol–water partition coefficient (Wildman–Crippen LogP) is 4.30. The third-order valence-corrected chi connectivity index (χ3v) is 4.17. The number of alkyl halides is 3. The molecule has 3 rings (SSSR count). The van der Waals surface area contributed by atoms with Crippen molar-refractivity contribution < 1.29 is 27.5 Å². The lowest BCUT2D eigenvalue weighted by atomic mass is 10.1. The van der Waals surface area contributed by atoms with Crippen LogP contribution in [0, 0.1) is 0 Å². The van der Waals surface area contributed by atoms with Crippen molar-refractivity contribution in [2.45, 2.75) is 26.1 Å². The van der Waals surface area contributed by atoms with Gasteiger partial charge in [-0.25, -0.2) is 0 Å². The van der Waals surface area contributed by atoms with Gasteiger partial charge in [-0.3, -0.25) is 0 Å². The van der Waals surface area contributed by atoms with E-state index in [2.05, 4.69) is 15.5 Å². The van der Waals surface area contributed by atoms with Gasteiger partial charge in [-0.15, -0.1) is 0 Å². The van der Waals surface area contributed by atoms with E-state index in [-0.39, 0.29) is 37.1 Å². The summed E-state index contributed by atoms with van der Waals surface area (Å²) in [6.45, 7) is 1.60. The molecule has 0 aliphatic rings. The van der Waals surface area contributed by atoms with E-state index < -0.39 is 11.7 Å². The van der Waals surface area contributed by atoms with Crippen molar-refractivity contribution in [1.29, 1.82) is 0 Å². The first-order chi connectivity index (χ1) is 13.9. The molecule has 0 bridgehead atoms. The van der Waals surface area contributed by atoms with Gasteiger partial charge in [0.25, 0.3) is 0 Å². The molecule has 0 fully saturated rings. The van der Waals surface area contributed by atoms with E-state index in [1.165, 1.54) is 17.7 Å². The number of aryl methyl sites for hydroxylation is 1. The van der Waals surface area contributed by atoms with Crippen molar-refractivity contribution in [3.63, 3.8) is 0 Å². The average Bonchev–Trinajstić information content (AvgIpc) is 3.19. The average molecular weight is 407 g/mol. The minimum Gasteiger partial charge on any atom is -0.491 e. The number of aliphatic hydroxyl groups excluding tert-OH is 1. The van der Waals surface area contributed by atoms with Crippen LogP contribution in [0.1, 0.15) is 23.9 Å². The number of aromatic nitrogens is 2. The van der Waals surface area contributed by atoms with E-state index in [0.717, 1.165) is 18.1 Å². The Bertz CT molecular complexity index is 940. The second-order valence-corrected chi connectivity index (χ2v) is 6.19. The van der Waals surface area contributed by atoms with Gasteiger partial charge in [0.2, 0.25) is 11.7 Å². The zero-order chi connectivity index (χ0) is 20.9. The first-order valence-corrected chi connectivity index (χ1v) is 9.01. The first kappa shape index (κ1) is 20.7. The molecule has 0 aliphatic carbocycles. The van der Waals surface area contributed by atoms with Gasteiger partial charge in [0.15, 0.2) is 0 Å². The molecule has 2 N–H and O–H groups in total. The number of ether oxygens (including phenoxy) is 1. The Morgan fingerprint density at radius 1 is 1.14 bits per heavy atom. The van der Waals surface area contributed by atoms with Gasteiger partial charge < -0.3 is 19.7 Å². The molecule has 3 aromatic rings. The van der Waals surface area contributed by atoms with Gasteiger partial charge in [-0.05, 0) is 30.2 Å². The third kappa shape index (κ3) is 5.26. The van der Waals surface area contributed by atoms with Crippen LogP contribution in [0.15, 0.2) is 47.0 Å². The maximum atomic E-state index is 13.4. The normalized spacial score (nSPS) is 11.5. The lowest BCUT2D eigenvalue weighted by molar-refractivity contribution is -0.137. The van der Waals surface area contributed by atoms with Gasteiger partial charge >= 0.3 is 6.18 Å². The highest BCUT2D eigenvalue weighted by atomic mass is 19.4. The van der Waals surface area contributed by atoms with Gasteiger partial charge in [0, 0.05) is 11.3 Å². The number of rotatable bonds is 8. The standard InChI is InChI=1S/C20H20F3N3O3/c1-2-13-3-5-14(6-4-13)19-25-18(29-26-19)12-24-17-8-7-15(28-10-9-27)11-16(17)20(21,22)23/h3-8,11,24,27H,2,9-10,12H2,1H3. The molecule has 0 amide bonds. The number of halogens is 3. The molecular formula is C20H20F3N3O3. The Hall–Kier alpha value is -3.07. The van der Waals surface area contributed by atoms with Gasteiger partial charge in [0.05, 0.1) is 18.7 Å². The molecule has 0 atom stereocenters. The molecule has 0 radical (unpaired) electrons. The summed E-state index contributed by atoms with van der Waals surface area (Å²) in [5, 5.41) is 15.3. The number of hydrogen-bond acceptors (Lipinski definition) is 6. The second kappa shape index (κ2) is 8.95. The maximum Gasteiger partial charge on any atom is 0.418 e. The number of benzene rings is 2. The Labute approximate surface area is 165 Å². The molecule has 0 unspecified atom stereocenters. The molecule has 6 nitrogen and oxygen atoms in total. The summed E-state index contributed by atoms with van der Waals surface area (Å²) in [6, 6.07) is 11.2. The Morgan fingerprint density at radius 2 is 1.90 bits per heavy atom. The van der Waals surface area contributed by atoms with Crippen LogP contribution in [0.25, 0.3) is 11.4 Å². The van der Waals surface area contributed by atoms with Crippen LogP contribution < -0.4 is 10.1 Å². The number of nitrogens with zero attached hydrogens (tertiary/aromatic N) is 2. The van der Waals surface area contributed by atoms with Crippen LogP contribution >= 0.6 is 0 Å². The van der Waals surface area contributed by atoms with Crippen molar-refractivity contribution in [3.05, 3.63) is 59.5 Å². The van der Waals surface area contributed by atoms with Crippen LogP contribution in [-0.4, -0.2) is 28.5 Å². The minimum atomic E-state index is -4.58. The molecule has 0 aliphatic heterocycles. The Kier molecular flexibility index (Phi) is 6.38. The van der Waals surface area contributed by atoms with Crippen LogP contribution in [0.3, 0.4) is 0 Å². The molecule has 1 heterocycles. The fraction of sp³-hybridized carbons (Fsp3) is 0.300. The largest absolute Gasteiger partial charge is 0.491 e. The zero-order valence-electron chi connectivity index (χ0n) is 15.7. The highest BCUT2D eigenvalue weighted by Crippen LogP contribution is 2.37. The maximum absolute atomic E-state index is 13.4. The summed E-state index contributed by atoms with van der Waals surface area (Å²) >= 11 is 0. The number of nitrogens with one attached hydrogen (secondary N) is 1. The van der Waals surface area contributed by atoms with Crippen LogP contribution in [0.4, 0.5) is 18.9 Å². The fourth-order valence-corrected chi connectivity index (χ4v) is 2.67. The molecule has 0 spiro atoms. The van der Waals surface area contributed by atoms with Crippen LogP contribution in [0.2, 0.25) is 0 Å². The van der Waals surface area contributed by atoms with Crippen molar-refractivity contribution in [2.24, 2.45) is 0 Å². The molecule has 154 valence electrons. The predicted molar refractivity (Wildman–Crippen MR) is 100 cm³/mol. The lowest BCUT2D eigenvalue weighted by Crippen LogP contribution is -2.12. The highest BCUT2D eigenvalue weighted by Gasteiger charge is 2.34. The lowest BCUT2D eigenvalue weighted by Gasteiger charge is -2.15. The van der Waals surface area contributed by atoms with Crippen molar-refractivity contribution >= 4 is 5.69 Å². The molecule has 9 heteroatoms. The summed E-state index contributed by atoms with van der Waals surface area (Å²) in [5.41, 5.74) is 0.910. The molecule has 29 heavy (non-hydrogen) atoms. The van der Waals surface area contributed by atoms with E-state index in [1.807, 2.05) is 31.2 Å². The minimum absolute atomic E-state index is 0.0209. The van der Waals surface area contributed by atoms with E-state index in [0.29, 0.717) is 5.82 Å². The van der Waals surface area contributed by atoms with Gasteiger partial charge in [0.1, 0.15) is 12.4 Å². The quantitative estimate of drug-likeness (QED) is 0.580. The number of hydrogen-bond donors (Lipinski definition) is 2. The van der Waals surface area contributed by atoms with E-state index in [1.54, 1.807) is 0 Å². The summed E-state index contributed by atoms with van der Waals surface area (Å²) in [5.74, 6) is 0.550. The summed E-state index contributed by atoms with van der Waals surface area (Å²) < 4.78 is 50.3. The monoisotopic (exact) mass is 407 g/mol. The number of aliphatic hydroxyl groups is 1. The van der Waals surface area contributed by atoms with Gasteiger partial charge in [-0.2, -0.15) is 18.2 Å². The SMILES string of the molecule is CCc1ccc(-c2noc(CNc3ccc(OCCO)cc3C(F)(F)F)n2)cc1. The molecule has 1 aromatic heterocycles. The second-order valence-electron chi connectivity index (χ2n) is 6.19. The molecule has 0 saturated carbocycles. The molecule has 2 aromatic carbocycles. The Balaban J connectivity index is 1.73. The topological polar surface area (TPSA) is 80.4 Å².